The Kier molecular flexibility index (Phi) is 8.02. The molecule has 0 unspecified atom stereocenters. The summed E-state index contributed by atoms with van der Waals surface area (Å²) < 4.78 is 23.6. The molecule has 0 spiro atoms. The monoisotopic (exact) mass is 458 g/mol. The van der Waals surface area contributed by atoms with Gasteiger partial charge in [-0.2, -0.15) is 4.68 Å². The number of nitrogens with one attached hydrogen (secondary N) is 1. The van der Waals surface area contributed by atoms with E-state index in [-0.39, 0.29) is 22.8 Å². The smallest absolute Gasteiger partial charge is 0.350 e. The third-order valence-corrected chi connectivity index (χ3v) is 5.84. The number of aryl methyl sites for hydroxylation is 1. The van der Waals surface area contributed by atoms with Gasteiger partial charge in [0, 0.05) is 26.6 Å². The Balaban J connectivity index is 2.01. The quantitative estimate of drug-likeness (QED) is 0.488. The van der Waals surface area contributed by atoms with Crippen molar-refractivity contribution in [2.24, 2.45) is 23.7 Å². The van der Waals surface area contributed by atoms with Crippen LogP contribution < -0.4 is 21.5 Å². The summed E-state index contributed by atoms with van der Waals surface area (Å²) in [7, 11) is 3.08. The van der Waals surface area contributed by atoms with E-state index in [2.05, 4.69) is 15.4 Å². The normalized spacial score (nSPS) is 15.2. The van der Waals surface area contributed by atoms with Crippen LogP contribution in [0.1, 0.15) is 55.2 Å². The summed E-state index contributed by atoms with van der Waals surface area (Å²) in [5.74, 6) is -0.0857. The molecule has 1 aromatic carbocycles. The molecule has 1 fully saturated rings. The van der Waals surface area contributed by atoms with Crippen LogP contribution >= 0.6 is 0 Å². The molecule has 1 amide bonds. The highest BCUT2D eigenvalue weighted by molar-refractivity contribution is 6.11. The fourth-order valence-electron chi connectivity index (χ4n) is 3.95. The van der Waals surface area contributed by atoms with Crippen molar-refractivity contribution < 1.29 is 13.9 Å². The summed E-state index contributed by atoms with van der Waals surface area (Å²) in [6.07, 6.45) is 8.76. The lowest BCUT2D eigenvalue weighted by atomic mass is 9.90. The van der Waals surface area contributed by atoms with Gasteiger partial charge in [-0.3, -0.25) is 14.4 Å². The molecule has 0 saturated heterocycles. The lowest BCUT2D eigenvalue weighted by Gasteiger charge is -2.22. The van der Waals surface area contributed by atoms with Crippen LogP contribution in [-0.4, -0.2) is 39.7 Å². The van der Waals surface area contributed by atoms with Crippen LogP contribution in [0.3, 0.4) is 0 Å². The van der Waals surface area contributed by atoms with Gasteiger partial charge in [-0.25, -0.2) is 9.18 Å². The van der Waals surface area contributed by atoms with Crippen molar-refractivity contribution in [2.75, 3.05) is 13.7 Å². The summed E-state index contributed by atoms with van der Waals surface area (Å²) in [6.45, 7) is 2.26. The number of carbonyl (C=O) groups is 1. The van der Waals surface area contributed by atoms with Gasteiger partial charge >= 0.3 is 5.69 Å². The van der Waals surface area contributed by atoms with Gasteiger partial charge in [-0.15, -0.1) is 5.10 Å². The first-order valence-electron chi connectivity index (χ1n) is 11.2. The number of amides is 1. The molecule has 1 heterocycles. The molecule has 1 aliphatic rings. The number of aliphatic imine (C=N–C) groups is 1. The summed E-state index contributed by atoms with van der Waals surface area (Å²) in [5, 5.41) is 6.83. The second-order valence-electron chi connectivity index (χ2n) is 8.06. The standard InChI is InChI=1S/C23H31FN6O3/c1-4-21-28-30(23(32)29(21)3)18-13-19(33-14-15-8-6-5-7-9-15)16(12-17(18)24)22(31)27-20(26-2)10-11-25/h10-13,15H,4-9,14,25H2,1-3H3,(H,26,27,31). The van der Waals surface area contributed by atoms with Crippen molar-refractivity contribution in [1.29, 1.82) is 0 Å². The minimum atomic E-state index is -0.766. The molecule has 178 valence electrons. The molecule has 0 radical (unpaired) electrons. The maximum atomic E-state index is 15.2. The van der Waals surface area contributed by atoms with Crippen molar-refractivity contribution in [3.63, 3.8) is 0 Å². The predicted molar refractivity (Wildman–Crippen MR) is 124 cm³/mol. The van der Waals surface area contributed by atoms with Gasteiger partial charge in [0.2, 0.25) is 0 Å². The molecule has 3 rings (SSSR count). The van der Waals surface area contributed by atoms with Crippen molar-refractivity contribution in [3.05, 3.63) is 52.1 Å². The average molecular weight is 459 g/mol. The first kappa shape index (κ1) is 24.2. The number of halogens is 1. The van der Waals surface area contributed by atoms with E-state index >= 15 is 4.39 Å². The molecular weight excluding hydrogens is 427 g/mol. The first-order chi connectivity index (χ1) is 15.9. The van der Waals surface area contributed by atoms with Crippen molar-refractivity contribution in [3.8, 4) is 11.4 Å². The Morgan fingerprint density at radius 2 is 2.09 bits per heavy atom. The third-order valence-electron chi connectivity index (χ3n) is 5.84. The number of rotatable bonds is 7. The zero-order valence-corrected chi connectivity index (χ0v) is 19.3. The van der Waals surface area contributed by atoms with Gasteiger partial charge in [0.1, 0.15) is 28.9 Å². The topological polar surface area (TPSA) is 117 Å². The zero-order chi connectivity index (χ0) is 24.0. The fraction of sp³-hybridized carbons (Fsp3) is 0.478. The number of ether oxygens (including phenoxy) is 1. The van der Waals surface area contributed by atoms with Crippen LogP contribution in [0, 0.1) is 11.7 Å². The van der Waals surface area contributed by atoms with Gasteiger partial charge in [-0.05, 0) is 37.1 Å². The molecule has 9 nitrogen and oxygen atoms in total. The van der Waals surface area contributed by atoms with E-state index in [1.165, 1.54) is 36.4 Å². The Morgan fingerprint density at radius 3 is 2.70 bits per heavy atom. The fourth-order valence-corrected chi connectivity index (χ4v) is 3.95. The number of hydrogen-bond donors (Lipinski definition) is 2. The second-order valence-corrected chi connectivity index (χ2v) is 8.06. The highest BCUT2D eigenvalue weighted by Crippen LogP contribution is 2.29. The number of aromatic nitrogens is 3. The molecule has 0 aliphatic heterocycles. The molecular formula is C23H31FN6O3. The number of nitrogens with two attached hydrogens (primary N) is 1. The predicted octanol–water partition coefficient (Wildman–Crippen LogP) is 2.46. The summed E-state index contributed by atoms with van der Waals surface area (Å²) in [5.41, 5.74) is 4.84. The lowest BCUT2D eigenvalue weighted by Crippen LogP contribution is -2.30. The summed E-state index contributed by atoms with van der Waals surface area (Å²) in [6, 6.07) is 2.43. The average Bonchev–Trinajstić information content (AvgIpc) is 3.11. The maximum absolute atomic E-state index is 15.2. The van der Waals surface area contributed by atoms with Crippen LogP contribution in [0.15, 0.2) is 34.2 Å². The molecule has 1 aromatic heterocycles. The van der Waals surface area contributed by atoms with Crippen LogP contribution in [0.25, 0.3) is 5.69 Å². The van der Waals surface area contributed by atoms with E-state index in [0.29, 0.717) is 24.8 Å². The van der Waals surface area contributed by atoms with Crippen LogP contribution in [-0.2, 0) is 13.5 Å². The van der Waals surface area contributed by atoms with E-state index in [9.17, 15) is 9.59 Å². The minimum absolute atomic E-state index is 0.00155. The molecule has 2 aromatic rings. The van der Waals surface area contributed by atoms with Crippen molar-refractivity contribution in [2.45, 2.75) is 45.4 Å². The molecule has 0 bridgehead atoms. The number of amidine groups is 1. The van der Waals surface area contributed by atoms with E-state index in [1.807, 2.05) is 6.92 Å². The van der Waals surface area contributed by atoms with Gasteiger partial charge in [0.15, 0.2) is 0 Å². The van der Waals surface area contributed by atoms with Crippen LogP contribution in [0.2, 0.25) is 0 Å². The maximum Gasteiger partial charge on any atom is 0.350 e. The Labute approximate surface area is 192 Å². The number of nitrogens with zero attached hydrogens (tertiary/aromatic N) is 4. The van der Waals surface area contributed by atoms with Crippen LogP contribution in [0.5, 0.6) is 5.75 Å². The number of hydrogen-bond acceptors (Lipinski definition) is 6. The first-order valence-corrected chi connectivity index (χ1v) is 11.2. The highest BCUT2D eigenvalue weighted by atomic mass is 19.1. The van der Waals surface area contributed by atoms with Gasteiger partial charge in [-0.1, -0.05) is 26.2 Å². The summed E-state index contributed by atoms with van der Waals surface area (Å²) in [4.78, 5) is 29.5. The largest absolute Gasteiger partial charge is 0.492 e. The molecule has 0 atom stereocenters. The Morgan fingerprint density at radius 1 is 1.36 bits per heavy atom. The van der Waals surface area contributed by atoms with E-state index in [0.717, 1.165) is 36.4 Å². The molecule has 10 heteroatoms. The van der Waals surface area contributed by atoms with Gasteiger partial charge < -0.3 is 15.8 Å². The van der Waals surface area contributed by atoms with E-state index in [4.69, 9.17) is 10.5 Å². The summed E-state index contributed by atoms with van der Waals surface area (Å²) >= 11 is 0. The zero-order valence-electron chi connectivity index (χ0n) is 19.3. The molecule has 33 heavy (non-hydrogen) atoms. The second kappa shape index (κ2) is 10.9. The third kappa shape index (κ3) is 5.50. The van der Waals surface area contributed by atoms with Crippen LogP contribution in [0.4, 0.5) is 4.39 Å². The van der Waals surface area contributed by atoms with E-state index in [1.54, 1.807) is 7.05 Å². The molecule has 1 saturated carbocycles. The lowest BCUT2D eigenvalue weighted by molar-refractivity contribution is 0.0971. The van der Waals surface area contributed by atoms with Gasteiger partial charge in [0.25, 0.3) is 5.91 Å². The van der Waals surface area contributed by atoms with E-state index < -0.39 is 17.4 Å². The SMILES string of the molecule is CCc1nn(-c2cc(OCC3CCCCC3)c(C(=O)NC(C=CN)=NC)cc2F)c(=O)n1C. The molecule has 1 aliphatic carbocycles. The Bertz CT molecular complexity index is 1110. The van der Waals surface area contributed by atoms with Crippen molar-refractivity contribution in [1.82, 2.24) is 19.7 Å². The van der Waals surface area contributed by atoms with Gasteiger partial charge in [0.05, 0.1) is 12.2 Å². The van der Waals surface area contributed by atoms with Crippen molar-refractivity contribution >= 4 is 11.7 Å². The minimum Gasteiger partial charge on any atom is -0.492 e. The highest BCUT2D eigenvalue weighted by Gasteiger charge is 2.23. The Hall–Kier alpha value is -3.43. The number of carbonyl (C=O) groups excluding carboxylic acids is 1. The number of benzene rings is 1. The molecule has 3 N–H and O–H groups in total.